The van der Waals surface area contributed by atoms with E-state index in [1.165, 1.54) is 0 Å². The number of hydrogen-bond donors (Lipinski definition) is 2. The van der Waals surface area contributed by atoms with Crippen LogP contribution in [0.25, 0.3) is 10.6 Å². The van der Waals surface area contributed by atoms with Crippen LogP contribution in [0.15, 0.2) is 30.5 Å². The zero-order valence-corrected chi connectivity index (χ0v) is 14.9. The molecule has 0 fully saturated rings. The lowest BCUT2D eigenvalue weighted by Crippen LogP contribution is -1.98. The maximum atomic E-state index is 5.28. The first-order valence-electron chi connectivity index (χ1n) is 7.51. The summed E-state index contributed by atoms with van der Waals surface area (Å²) in [6.45, 7) is 3.98. The number of ether oxygens (including phenoxy) is 1. The molecule has 0 spiro atoms. The Bertz CT molecular complexity index is 862. The lowest BCUT2D eigenvalue weighted by Gasteiger charge is -2.09. The maximum Gasteiger partial charge on any atom is 0.227 e. The quantitative estimate of drug-likeness (QED) is 0.730. The Morgan fingerprint density at radius 2 is 1.96 bits per heavy atom. The fourth-order valence-electron chi connectivity index (χ4n) is 2.37. The van der Waals surface area contributed by atoms with Crippen molar-refractivity contribution in [2.75, 3.05) is 24.8 Å². The summed E-state index contributed by atoms with van der Waals surface area (Å²) < 4.78 is 5.28. The fraction of sp³-hybridized carbons (Fsp3) is 0.235. The minimum Gasteiger partial charge on any atom is -0.496 e. The third kappa shape index (κ3) is 3.30. The lowest BCUT2D eigenvalue weighted by atomic mass is 10.2. The van der Waals surface area contributed by atoms with Gasteiger partial charge in [-0.15, -0.1) is 0 Å². The average molecular weight is 341 g/mol. The minimum atomic E-state index is 0.552. The van der Waals surface area contributed by atoms with E-state index in [1.807, 2.05) is 45.2 Å². The molecule has 7 heteroatoms. The van der Waals surface area contributed by atoms with Gasteiger partial charge in [-0.2, -0.15) is 0 Å². The lowest BCUT2D eigenvalue weighted by molar-refractivity contribution is 0.412. The molecule has 0 aliphatic heterocycles. The summed E-state index contributed by atoms with van der Waals surface area (Å²) in [6.07, 6.45) is 1.75. The summed E-state index contributed by atoms with van der Waals surface area (Å²) in [5.41, 5.74) is 3.78. The van der Waals surface area contributed by atoms with Gasteiger partial charge in [-0.3, -0.25) is 0 Å². The molecule has 124 valence electrons. The van der Waals surface area contributed by atoms with E-state index < -0.39 is 0 Å². The van der Waals surface area contributed by atoms with Crippen LogP contribution in [-0.2, 0) is 0 Å². The molecule has 0 unspecified atom stereocenters. The van der Waals surface area contributed by atoms with E-state index in [9.17, 15) is 0 Å². The second kappa shape index (κ2) is 6.84. The van der Waals surface area contributed by atoms with E-state index in [2.05, 4.69) is 25.6 Å². The van der Waals surface area contributed by atoms with Gasteiger partial charge in [-0.25, -0.2) is 15.0 Å². The van der Waals surface area contributed by atoms with Crippen molar-refractivity contribution in [2.45, 2.75) is 13.8 Å². The zero-order valence-electron chi connectivity index (χ0n) is 14.0. The highest BCUT2D eigenvalue weighted by Crippen LogP contribution is 2.31. The number of hydrogen-bond acceptors (Lipinski definition) is 7. The third-order valence-corrected chi connectivity index (χ3v) is 4.75. The summed E-state index contributed by atoms with van der Waals surface area (Å²) in [5, 5.41) is 7.18. The van der Waals surface area contributed by atoms with Crippen molar-refractivity contribution in [3.8, 4) is 16.3 Å². The highest BCUT2D eigenvalue weighted by molar-refractivity contribution is 7.19. The SMILES string of the molecule is CNc1nc(C)c(-c2ccnc(Nc3ccc(OC)c(C)c3)n2)s1. The second-order valence-electron chi connectivity index (χ2n) is 5.26. The zero-order chi connectivity index (χ0) is 17.1. The van der Waals surface area contributed by atoms with Crippen LogP contribution in [0.4, 0.5) is 16.8 Å². The monoisotopic (exact) mass is 341 g/mol. The molecule has 6 nitrogen and oxygen atoms in total. The van der Waals surface area contributed by atoms with Crippen molar-refractivity contribution < 1.29 is 4.74 Å². The van der Waals surface area contributed by atoms with Gasteiger partial charge in [0.15, 0.2) is 5.13 Å². The molecule has 1 aromatic carbocycles. The van der Waals surface area contributed by atoms with E-state index in [0.29, 0.717) is 5.95 Å². The Kier molecular flexibility index (Phi) is 4.61. The molecule has 3 rings (SSSR count). The van der Waals surface area contributed by atoms with E-state index in [1.54, 1.807) is 24.6 Å². The van der Waals surface area contributed by atoms with Gasteiger partial charge in [-0.1, -0.05) is 11.3 Å². The van der Waals surface area contributed by atoms with Crippen LogP contribution in [0, 0.1) is 13.8 Å². The molecule has 0 atom stereocenters. The highest BCUT2D eigenvalue weighted by Gasteiger charge is 2.11. The highest BCUT2D eigenvalue weighted by atomic mass is 32.1. The number of nitrogens with zero attached hydrogens (tertiary/aromatic N) is 3. The molecule has 3 aromatic rings. The predicted molar refractivity (Wildman–Crippen MR) is 98.4 cm³/mol. The number of aromatic nitrogens is 3. The Hall–Kier alpha value is -2.67. The van der Waals surface area contributed by atoms with Gasteiger partial charge < -0.3 is 15.4 Å². The first-order chi connectivity index (χ1) is 11.6. The number of aryl methyl sites for hydroxylation is 2. The Morgan fingerprint density at radius 1 is 1.12 bits per heavy atom. The molecule has 0 amide bonds. The van der Waals surface area contributed by atoms with Crippen LogP contribution in [0.2, 0.25) is 0 Å². The predicted octanol–water partition coefficient (Wildman–Crippen LogP) is 4.01. The first-order valence-corrected chi connectivity index (χ1v) is 8.32. The van der Waals surface area contributed by atoms with Gasteiger partial charge in [0.2, 0.25) is 5.95 Å². The van der Waals surface area contributed by atoms with Crippen molar-refractivity contribution in [2.24, 2.45) is 0 Å². The Balaban J connectivity index is 1.88. The van der Waals surface area contributed by atoms with Crippen molar-refractivity contribution in [1.82, 2.24) is 15.0 Å². The third-order valence-electron chi connectivity index (χ3n) is 3.55. The van der Waals surface area contributed by atoms with E-state index in [4.69, 9.17) is 4.74 Å². The van der Waals surface area contributed by atoms with Crippen molar-refractivity contribution in [1.29, 1.82) is 0 Å². The topological polar surface area (TPSA) is 72.0 Å². The smallest absolute Gasteiger partial charge is 0.227 e. The number of benzene rings is 1. The molecule has 0 aliphatic rings. The Labute approximate surface area is 145 Å². The number of thiazole rings is 1. The molecular weight excluding hydrogens is 322 g/mol. The summed E-state index contributed by atoms with van der Waals surface area (Å²) in [6, 6.07) is 7.77. The normalized spacial score (nSPS) is 10.5. The van der Waals surface area contributed by atoms with Crippen molar-refractivity contribution in [3.63, 3.8) is 0 Å². The van der Waals surface area contributed by atoms with Crippen LogP contribution >= 0.6 is 11.3 Å². The van der Waals surface area contributed by atoms with Crippen LogP contribution < -0.4 is 15.4 Å². The molecule has 0 saturated heterocycles. The molecule has 2 heterocycles. The molecule has 2 N–H and O–H groups in total. The van der Waals surface area contributed by atoms with E-state index in [0.717, 1.165) is 38.4 Å². The van der Waals surface area contributed by atoms with E-state index >= 15 is 0 Å². The summed E-state index contributed by atoms with van der Waals surface area (Å²) in [4.78, 5) is 14.4. The maximum absolute atomic E-state index is 5.28. The molecule has 24 heavy (non-hydrogen) atoms. The van der Waals surface area contributed by atoms with Gasteiger partial charge in [0.05, 0.1) is 23.4 Å². The molecule has 0 radical (unpaired) electrons. The molecule has 2 aromatic heterocycles. The van der Waals surface area contributed by atoms with Gasteiger partial charge >= 0.3 is 0 Å². The van der Waals surface area contributed by atoms with Crippen molar-refractivity contribution in [3.05, 3.63) is 41.7 Å². The minimum absolute atomic E-state index is 0.552. The number of nitrogens with one attached hydrogen (secondary N) is 2. The van der Waals surface area contributed by atoms with Gasteiger partial charge in [0, 0.05) is 18.9 Å². The standard InChI is InChI=1S/C17H19N5OS/c1-10-9-12(5-6-14(10)23-4)21-16-19-8-7-13(22-16)15-11(2)20-17(18-3)24-15/h5-9H,1-4H3,(H,18,20)(H,19,21,22). The fourth-order valence-corrected chi connectivity index (χ4v) is 3.26. The van der Waals surface area contributed by atoms with Crippen LogP contribution in [0.3, 0.4) is 0 Å². The van der Waals surface area contributed by atoms with Crippen LogP contribution in [0.5, 0.6) is 5.75 Å². The molecule has 0 bridgehead atoms. The summed E-state index contributed by atoms with van der Waals surface area (Å²) in [5.74, 6) is 1.41. The van der Waals surface area contributed by atoms with Gasteiger partial charge in [-0.05, 0) is 43.7 Å². The number of anilines is 3. The molecule has 0 aliphatic carbocycles. The first kappa shape index (κ1) is 16.2. The Morgan fingerprint density at radius 3 is 2.62 bits per heavy atom. The van der Waals surface area contributed by atoms with Gasteiger partial charge in [0.25, 0.3) is 0 Å². The average Bonchev–Trinajstić information content (AvgIpc) is 2.96. The van der Waals surface area contributed by atoms with E-state index in [-0.39, 0.29) is 0 Å². The largest absolute Gasteiger partial charge is 0.496 e. The number of rotatable bonds is 5. The number of methoxy groups -OCH3 is 1. The summed E-state index contributed by atoms with van der Waals surface area (Å²) >= 11 is 1.58. The van der Waals surface area contributed by atoms with Crippen molar-refractivity contribution >= 4 is 28.1 Å². The second-order valence-corrected chi connectivity index (χ2v) is 6.26. The van der Waals surface area contributed by atoms with Gasteiger partial charge in [0.1, 0.15) is 5.75 Å². The van der Waals surface area contributed by atoms with Crippen LogP contribution in [0.1, 0.15) is 11.3 Å². The van der Waals surface area contributed by atoms with Crippen LogP contribution in [-0.4, -0.2) is 29.1 Å². The summed E-state index contributed by atoms with van der Waals surface area (Å²) in [7, 11) is 3.53. The molecular formula is C17H19N5OS. The molecule has 0 saturated carbocycles.